The summed E-state index contributed by atoms with van der Waals surface area (Å²) in [6.07, 6.45) is 3.13. The highest BCUT2D eigenvalue weighted by atomic mass is 16.5. The number of hydrogen-bond donors (Lipinski definition) is 1. The van der Waals surface area contributed by atoms with E-state index in [0.29, 0.717) is 0 Å². The molecule has 92 valence electrons. The zero-order valence-corrected chi connectivity index (χ0v) is 9.84. The zero-order chi connectivity index (χ0) is 12.1. The maximum Gasteiger partial charge on any atom is 0.335 e. The molecule has 0 heterocycles. The van der Waals surface area contributed by atoms with Gasteiger partial charge >= 0.3 is 5.97 Å². The summed E-state index contributed by atoms with van der Waals surface area (Å²) in [7, 11) is 0. The number of ether oxygens (including phenoxy) is 1. The molecule has 0 saturated heterocycles. The number of aliphatic hydroxyl groups is 1. The van der Waals surface area contributed by atoms with E-state index in [2.05, 4.69) is 0 Å². The van der Waals surface area contributed by atoms with Crippen molar-refractivity contribution in [3.05, 3.63) is 35.9 Å². The van der Waals surface area contributed by atoms with Crippen LogP contribution in [-0.2, 0) is 16.1 Å². The Bertz CT molecular complexity index is 355. The SMILES string of the molecule is O=C(OCc1ccccc1)[C@H](O)C1CCCC1. The largest absolute Gasteiger partial charge is 0.459 e. The van der Waals surface area contributed by atoms with Gasteiger partial charge in [-0.25, -0.2) is 4.79 Å². The molecule has 0 aromatic heterocycles. The molecule has 1 atom stereocenters. The second kappa shape index (κ2) is 5.82. The second-order valence-corrected chi connectivity index (χ2v) is 4.58. The Kier molecular flexibility index (Phi) is 4.15. The monoisotopic (exact) mass is 234 g/mol. The van der Waals surface area contributed by atoms with E-state index in [1.54, 1.807) is 0 Å². The van der Waals surface area contributed by atoms with Crippen molar-refractivity contribution in [2.24, 2.45) is 5.92 Å². The molecule has 1 aliphatic rings. The molecule has 1 aliphatic carbocycles. The van der Waals surface area contributed by atoms with Crippen molar-refractivity contribution in [2.45, 2.75) is 38.4 Å². The predicted molar refractivity (Wildman–Crippen MR) is 64.2 cm³/mol. The fraction of sp³-hybridized carbons (Fsp3) is 0.500. The third-order valence-corrected chi connectivity index (χ3v) is 3.31. The second-order valence-electron chi connectivity index (χ2n) is 4.58. The van der Waals surface area contributed by atoms with Crippen LogP contribution in [0.25, 0.3) is 0 Å². The van der Waals surface area contributed by atoms with E-state index in [0.717, 1.165) is 31.2 Å². The molecule has 0 radical (unpaired) electrons. The van der Waals surface area contributed by atoms with Gasteiger partial charge in [0.1, 0.15) is 6.61 Å². The summed E-state index contributed by atoms with van der Waals surface area (Å²) in [5.41, 5.74) is 0.944. The smallest absolute Gasteiger partial charge is 0.335 e. The molecule has 2 rings (SSSR count). The van der Waals surface area contributed by atoms with Crippen molar-refractivity contribution in [1.29, 1.82) is 0 Å². The van der Waals surface area contributed by atoms with E-state index in [1.807, 2.05) is 30.3 Å². The first-order chi connectivity index (χ1) is 8.27. The average Bonchev–Trinajstić information content (AvgIpc) is 2.90. The van der Waals surface area contributed by atoms with Crippen molar-refractivity contribution in [1.82, 2.24) is 0 Å². The first kappa shape index (κ1) is 12.1. The van der Waals surface area contributed by atoms with Crippen molar-refractivity contribution in [3.63, 3.8) is 0 Å². The Morgan fingerprint density at radius 1 is 1.29 bits per heavy atom. The molecule has 1 fully saturated rings. The van der Waals surface area contributed by atoms with Crippen LogP contribution in [0.1, 0.15) is 31.2 Å². The standard InChI is InChI=1S/C14H18O3/c15-13(12-8-4-5-9-12)14(16)17-10-11-6-2-1-3-7-11/h1-3,6-7,12-13,15H,4-5,8-10H2/t13-/m1/s1. The summed E-state index contributed by atoms with van der Waals surface area (Å²) in [6.45, 7) is 0.240. The van der Waals surface area contributed by atoms with Crippen molar-refractivity contribution in [3.8, 4) is 0 Å². The van der Waals surface area contributed by atoms with Gasteiger partial charge < -0.3 is 9.84 Å². The van der Waals surface area contributed by atoms with Gasteiger partial charge in [-0.1, -0.05) is 43.2 Å². The Morgan fingerprint density at radius 2 is 1.94 bits per heavy atom. The Labute approximate surface area is 101 Å². The maximum absolute atomic E-state index is 11.6. The summed E-state index contributed by atoms with van der Waals surface area (Å²) in [4.78, 5) is 11.6. The van der Waals surface area contributed by atoms with Gasteiger partial charge in [0, 0.05) is 0 Å². The average molecular weight is 234 g/mol. The van der Waals surface area contributed by atoms with Crippen LogP contribution in [0.15, 0.2) is 30.3 Å². The topological polar surface area (TPSA) is 46.5 Å². The fourth-order valence-corrected chi connectivity index (χ4v) is 2.28. The van der Waals surface area contributed by atoms with E-state index in [9.17, 15) is 9.90 Å². The minimum absolute atomic E-state index is 0.0956. The van der Waals surface area contributed by atoms with Gasteiger partial charge in [-0.2, -0.15) is 0 Å². The van der Waals surface area contributed by atoms with E-state index in [-0.39, 0.29) is 12.5 Å². The molecule has 0 aliphatic heterocycles. The lowest BCUT2D eigenvalue weighted by atomic mass is 10.0. The van der Waals surface area contributed by atoms with Crippen LogP contribution in [0.4, 0.5) is 0 Å². The lowest BCUT2D eigenvalue weighted by molar-refractivity contribution is -0.157. The first-order valence-corrected chi connectivity index (χ1v) is 6.16. The van der Waals surface area contributed by atoms with Crippen LogP contribution < -0.4 is 0 Å². The van der Waals surface area contributed by atoms with Gasteiger partial charge in [-0.3, -0.25) is 0 Å². The summed E-state index contributed by atoms with van der Waals surface area (Å²) in [5.74, 6) is -0.390. The van der Waals surface area contributed by atoms with Gasteiger partial charge in [-0.15, -0.1) is 0 Å². The molecular formula is C14H18O3. The van der Waals surface area contributed by atoms with Gasteiger partial charge in [-0.05, 0) is 24.3 Å². The van der Waals surface area contributed by atoms with Crippen LogP contribution in [0.3, 0.4) is 0 Å². The normalized spacial score (nSPS) is 17.9. The third-order valence-electron chi connectivity index (χ3n) is 3.31. The van der Waals surface area contributed by atoms with Crippen molar-refractivity contribution < 1.29 is 14.6 Å². The van der Waals surface area contributed by atoms with Crippen molar-refractivity contribution in [2.75, 3.05) is 0 Å². The van der Waals surface area contributed by atoms with E-state index in [1.165, 1.54) is 0 Å². The molecule has 0 amide bonds. The Balaban J connectivity index is 1.80. The molecule has 0 unspecified atom stereocenters. The lowest BCUT2D eigenvalue weighted by Gasteiger charge is -2.16. The highest BCUT2D eigenvalue weighted by molar-refractivity contribution is 5.74. The van der Waals surface area contributed by atoms with E-state index < -0.39 is 12.1 Å². The number of esters is 1. The molecule has 1 saturated carbocycles. The van der Waals surface area contributed by atoms with Crippen LogP contribution in [0.2, 0.25) is 0 Å². The molecule has 0 spiro atoms. The molecule has 1 aromatic rings. The van der Waals surface area contributed by atoms with Crippen LogP contribution >= 0.6 is 0 Å². The summed E-state index contributed by atoms with van der Waals surface area (Å²) < 4.78 is 5.11. The van der Waals surface area contributed by atoms with Gasteiger partial charge in [0.15, 0.2) is 6.10 Å². The van der Waals surface area contributed by atoms with Crippen molar-refractivity contribution >= 4 is 5.97 Å². The molecular weight excluding hydrogens is 216 g/mol. The minimum Gasteiger partial charge on any atom is -0.459 e. The first-order valence-electron chi connectivity index (χ1n) is 6.16. The lowest BCUT2D eigenvalue weighted by Crippen LogP contribution is -2.29. The van der Waals surface area contributed by atoms with Gasteiger partial charge in [0.25, 0.3) is 0 Å². The summed E-state index contributed by atoms with van der Waals surface area (Å²) in [5, 5.41) is 9.82. The van der Waals surface area contributed by atoms with E-state index in [4.69, 9.17) is 4.74 Å². The van der Waals surface area contributed by atoms with Crippen LogP contribution in [0.5, 0.6) is 0 Å². The van der Waals surface area contributed by atoms with Gasteiger partial charge in [0.2, 0.25) is 0 Å². The van der Waals surface area contributed by atoms with E-state index >= 15 is 0 Å². The number of carbonyl (C=O) groups is 1. The number of rotatable bonds is 4. The van der Waals surface area contributed by atoms with Crippen LogP contribution in [-0.4, -0.2) is 17.2 Å². The van der Waals surface area contributed by atoms with Crippen LogP contribution in [0, 0.1) is 5.92 Å². The Hall–Kier alpha value is -1.35. The fourth-order valence-electron chi connectivity index (χ4n) is 2.28. The summed E-state index contributed by atoms with van der Waals surface area (Å²) in [6, 6.07) is 9.51. The minimum atomic E-state index is -0.943. The Morgan fingerprint density at radius 3 is 2.59 bits per heavy atom. The number of aliphatic hydroxyl groups excluding tert-OH is 1. The quantitative estimate of drug-likeness (QED) is 0.813. The van der Waals surface area contributed by atoms with Gasteiger partial charge in [0.05, 0.1) is 0 Å². The maximum atomic E-state index is 11.6. The molecule has 0 bridgehead atoms. The predicted octanol–water partition coefficient (Wildman–Crippen LogP) is 2.28. The third kappa shape index (κ3) is 3.30. The molecule has 1 N–H and O–H groups in total. The zero-order valence-electron chi connectivity index (χ0n) is 9.84. The number of hydrogen-bond acceptors (Lipinski definition) is 3. The highest BCUT2D eigenvalue weighted by Crippen LogP contribution is 2.28. The molecule has 17 heavy (non-hydrogen) atoms. The molecule has 3 heteroatoms. The molecule has 1 aromatic carbocycles. The highest BCUT2D eigenvalue weighted by Gasteiger charge is 2.29. The summed E-state index contributed by atoms with van der Waals surface area (Å²) >= 11 is 0. The molecule has 3 nitrogen and oxygen atoms in total. The number of carbonyl (C=O) groups excluding carboxylic acids is 1. The number of benzene rings is 1.